The lowest BCUT2D eigenvalue weighted by Gasteiger charge is -1.92. The zero-order valence-corrected chi connectivity index (χ0v) is 8.90. The molecule has 0 unspecified atom stereocenters. The lowest BCUT2D eigenvalue weighted by atomic mass is 10.2. The standard InChI is InChI=1S/C10H5N7O/c11-4-7-3-6(1-2-12-7)10-14-9(16-18-10)8-5-13-17-15-8/h1-3,5H,(H,13,15,17). The van der Waals surface area contributed by atoms with E-state index in [0.717, 1.165) is 0 Å². The van der Waals surface area contributed by atoms with Crippen molar-refractivity contribution in [3.63, 3.8) is 0 Å². The van der Waals surface area contributed by atoms with Gasteiger partial charge in [0, 0.05) is 11.8 Å². The number of aromatic nitrogens is 6. The zero-order chi connectivity index (χ0) is 12.4. The number of nitrogens with zero attached hydrogens (tertiary/aromatic N) is 6. The smallest absolute Gasteiger partial charge is 0.258 e. The zero-order valence-electron chi connectivity index (χ0n) is 8.90. The normalized spacial score (nSPS) is 10.2. The van der Waals surface area contributed by atoms with E-state index in [1.165, 1.54) is 12.4 Å². The van der Waals surface area contributed by atoms with Gasteiger partial charge in [-0.2, -0.15) is 25.7 Å². The summed E-state index contributed by atoms with van der Waals surface area (Å²) < 4.78 is 5.09. The summed E-state index contributed by atoms with van der Waals surface area (Å²) in [6, 6.07) is 5.19. The van der Waals surface area contributed by atoms with Crippen molar-refractivity contribution in [2.24, 2.45) is 0 Å². The van der Waals surface area contributed by atoms with Gasteiger partial charge >= 0.3 is 0 Å². The SMILES string of the molecule is N#Cc1cc(-c2nc(-c3cn[nH]n3)no2)ccn1. The van der Waals surface area contributed by atoms with E-state index >= 15 is 0 Å². The minimum atomic E-state index is 0.286. The van der Waals surface area contributed by atoms with Crippen molar-refractivity contribution < 1.29 is 4.52 Å². The van der Waals surface area contributed by atoms with Crippen LogP contribution in [-0.4, -0.2) is 30.5 Å². The second kappa shape index (κ2) is 4.06. The Balaban J connectivity index is 2.01. The molecule has 0 aromatic carbocycles. The molecule has 0 atom stereocenters. The van der Waals surface area contributed by atoms with Gasteiger partial charge < -0.3 is 4.52 Å². The van der Waals surface area contributed by atoms with Crippen LogP contribution in [0.2, 0.25) is 0 Å². The van der Waals surface area contributed by atoms with Crippen LogP contribution in [0.4, 0.5) is 0 Å². The third-order valence-corrected chi connectivity index (χ3v) is 2.19. The van der Waals surface area contributed by atoms with Gasteiger partial charge in [0.1, 0.15) is 11.8 Å². The molecule has 0 aliphatic rings. The molecule has 0 amide bonds. The van der Waals surface area contributed by atoms with Crippen molar-refractivity contribution in [2.75, 3.05) is 0 Å². The van der Waals surface area contributed by atoms with Crippen molar-refractivity contribution in [3.05, 3.63) is 30.2 Å². The molecular formula is C10H5N7O. The van der Waals surface area contributed by atoms with Gasteiger partial charge in [0.25, 0.3) is 5.89 Å². The number of pyridine rings is 1. The van der Waals surface area contributed by atoms with Crippen LogP contribution in [0.1, 0.15) is 5.69 Å². The van der Waals surface area contributed by atoms with Crippen molar-refractivity contribution in [1.29, 1.82) is 5.26 Å². The van der Waals surface area contributed by atoms with Gasteiger partial charge in [0.2, 0.25) is 5.82 Å². The Morgan fingerprint density at radius 2 is 2.33 bits per heavy atom. The van der Waals surface area contributed by atoms with Gasteiger partial charge in [-0.05, 0) is 12.1 Å². The Morgan fingerprint density at radius 1 is 1.39 bits per heavy atom. The highest BCUT2D eigenvalue weighted by molar-refractivity contribution is 5.57. The molecular weight excluding hydrogens is 234 g/mol. The van der Waals surface area contributed by atoms with Crippen LogP contribution >= 0.6 is 0 Å². The molecule has 8 heteroatoms. The fraction of sp³-hybridized carbons (Fsp3) is 0. The summed E-state index contributed by atoms with van der Waals surface area (Å²) in [5.74, 6) is 0.626. The number of nitrogens with one attached hydrogen (secondary N) is 1. The first kappa shape index (κ1) is 10.1. The van der Waals surface area contributed by atoms with Crippen molar-refractivity contribution in [1.82, 2.24) is 30.5 Å². The average molecular weight is 239 g/mol. The highest BCUT2D eigenvalue weighted by atomic mass is 16.5. The van der Waals surface area contributed by atoms with Gasteiger partial charge in [0.05, 0.1) is 6.20 Å². The second-order valence-electron chi connectivity index (χ2n) is 3.32. The molecule has 0 radical (unpaired) electrons. The maximum atomic E-state index is 8.76. The Morgan fingerprint density at radius 3 is 3.11 bits per heavy atom. The van der Waals surface area contributed by atoms with E-state index in [9.17, 15) is 0 Å². The molecule has 3 heterocycles. The lowest BCUT2D eigenvalue weighted by molar-refractivity contribution is 0.432. The molecule has 0 saturated carbocycles. The molecule has 0 bridgehead atoms. The molecule has 0 saturated heterocycles. The molecule has 0 aliphatic heterocycles. The first-order valence-corrected chi connectivity index (χ1v) is 4.93. The molecule has 0 fully saturated rings. The highest BCUT2D eigenvalue weighted by Gasteiger charge is 2.12. The highest BCUT2D eigenvalue weighted by Crippen LogP contribution is 2.20. The van der Waals surface area contributed by atoms with Crippen molar-refractivity contribution in [3.8, 4) is 29.0 Å². The van der Waals surface area contributed by atoms with Crippen molar-refractivity contribution >= 4 is 0 Å². The fourth-order valence-electron chi connectivity index (χ4n) is 1.38. The number of aromatic amines is 1. The van der Waals surface area contributed by atoms with Gasteiger partial charge in [-0.15, -0.1) is 0 Å². The fourth-order valence-corrected chi connectivity index (χ4v) is 1.38. The monoisotopic (exact) mass is 239 g/mol. The van der Waals surface area contributed by atoms with Gasteiger partial charge in [-0.1, -0.05) is 5.16 Å². The summed E-state index contributed by atoms with van der Waals surface area (Å²) in [5, 5.41) is 22.5. The lowest BCUT2D eigenvalue weighted by Crippen LogP contribution is -1.85. The van der Waals surface area contributed by atoms with E-state index in [2.05, 4.69) is 30.5 Å². The summed E-state index contributed by atoms with van der Waals surface area (Å²) in [7, 11) is 0. The molecule has 0 aliphatic carbocycles. The van der Waals surface area contributed by atoms with E-state index in [-0.39, 0.29) is 5.69 Å². The first-order valence-electron chi connectivity index (χ1n) is 4.93. The summed E-state index contributed by atoms with van der Waals surface area (Å²) in [6.45, 7) is 0. The predicted octanol–water partition coefficient (Wildman–Crippen LogP) is 0.788. The number of H-pyrrole nitrogens is 1. The van der Waals surface area contributed by atoms with Crippen molar-refractivity contribution in [2.45, 2.75) is 0 Å². The number of hydrogen-bond donors (Lipinski definition) is 1. The first-order chi connectivity index (χ1) is 8.86. The van der Waals surface area contributed by atoms with E-state index in [1.54, 1.807) is 12.1 Å². The third kappa shape index (κ3) is 1.69. The third-order valence-electron chi connectivity index (χ3n) is 2.19. The van der Waals surface area contributed by atoms with Gasteiger partial charge in [-0.25, -0.2) is 4.98 Å². The van der Waals surface area contributed by atoms with Crippen LogP contribution in [0.3, 0.4) is 0 Å². The molecule has 18 heavy (non-hydrogen) atoms. The molecule has 3 rings (SSSR count). The Labute approximate surface area is 100 Å². The van der Waals surface area contributed by atoms with E-state index in [4.69, 9.17) is 9.78 Å². The van der Waals surface area contributed by atoms with Crippen LogP contribution < -0.4 is 0 Å². The van der Waals surface area contributed by atoms with Crippen LogP contribution in [0.5, 0.6) is 0 Å². The maximum absolute atomic E-state index is 8.76. The Bertz CT molecular complexity index is 710. The molecule has 1 N–H and O–H groups in total. The van der Waals surface area contributed by atoms with E-state index in [0.29, 0.717) is 23.0 Å². The van der Waals surface area contributed by atoms with Gasteiger partial charge in [0.15, 0.2) is 5.69 Å². The maximum Gasteiger partial charge on any atom is 0.258 e. The Kier molecular flexibility index (Phi) is 2.28. The van der Waals surface area contributed by atoms with Crippen LogP contribution in [-0.2, 0) is 0 Å². The topological polar surface area (TPSA) is 117 Å². The summed E-state index contributed by atoms with van der Waals surface area (Å²) >= 11 is 0. The van der Waals surface area contributed by atoms with Crippen LogP contribution in [0.15, 0.2) is 29.0 Å². The van der Waals surface area contributed by atoms with Gasteiger partial charge in [-0.3, -0.25) is 0 Å². The summed E-state index contributed by atoms with van der Waals surface area (Å²) in [4.78, 5) is 8.02. The van der Waals surface area contributed by atoms with E-state index in [1.807, 2.05) is 6.07 Å². The second-order valence-corrected chi connectivity index (χ2v) is 3.32. The average Bonchev–Trinajstić information content (AvgIpc) is 3.09. The summed E-state index contributed by atoms with van der Waals surface area (Å²) in [6.07, 6.45) is 3.00. The quantitative estimate of drug-likeness (QED) is 0.702. The molecule has 0 spiro atoms. The number of hydrogen-bond acceptors (Lipinski definition) is 7. The molecule has 3 aromatic heterocycles. The van der Waals surface area contributed by atoms with Crippen LogP contribution in [0.25, 0.3) is 23.0 Å². The summed E-state index contributed by atoms with van der Waals surface area (Å²) in [5.41, 5.74) is 1.40. The largest absolute Gasteiger partial charge is 0.334 e. The minimum Gasteiger partial charge on any atom is -0.334 e. The number of nitriles is 1. The number of rotatable bonds is 2. The molecule has 86 valence electrons. The van der Waals surface area contributed by atoms with Crippen LogP contribution in [0, 0.1) is 11.3 Å². The molecule has 8 nitrogen and oxygen atoms in total. The molecule has 3 aromatic rings. The Hall–Kier alpha value is -3.08. The minimum absolute atomic E-state index is 0.286. The predicted molar refractivity (Wildman–Crippen MR) is 57.6 cm³/mol. The van der Waals surface area contributed by atoms with E-state index < -0.39 is 0 Å².